The van der Waals surface area contributed by atoms with Crippen LogP contribution in [-0.2, 0) is 0 Å². The predicted molar refractivity (Wildman–Crippen MR) is 222 cm³/mol. The van der Waals surface area contributed by atoms with E-state index in [1.165, 1.54) is 0 Å². The van der Waals surface area contributed by atoms with Crippen LogP contribution in [0.5, 0.6) is 0 Å². The van der Waals surface area contributed by atoms with E-state index in [1.54, 1.807) is 23.6 Å². The van der Waals surface area contributed by atoms with Gasteiger partial charge in [0.1, 0.15) is 0 Å². The molecular formula is C50H40N2. The summed E-state index contributed by atoms with van der Waals surface area (Å²) in [4.78, 5) is 3.53. The first kappa shape index (κ1) is 24.5. The third-order valence-electron chi connectivity index (χ3n) is 8.97. The fourth-order valence-electron chi connectivity index (χ4n) is 6.25. The number of benzene rings is 8. The molecular weight excluding hydrogens is 629 g/mol. The van der Waals surface area contributed by atoms with Crippen LogP contribution in [0.15, 0.2) is 206 Å². The Balaban J connectivity index is 1.18. The summed E-state index contributed by atoms with van der Waals surface area (Å²) < 4.78 is 70.4. The third-order valence-corrected chi connectivity index (χ3v) is 8.97. The average Bonchev–Trinajstić information content (AvgIpc) is 3.30. The van der Waals surface area contributed by atoms with Crippen LogP contribution in [0.4, 0.5) is 34.1 Å². The molecule has 0 heterocycles. The molecule has 0 N–H and O–H groups in total. The van der Waals surface area contributed by atoms with Crippen LogP contribution in [0.3, 0.4) is 0 Å². The Kier molecular flexibility index (Phi) is 6.92. The van der Waals surface area contributed by atoms with Crippen molar-refractivity contribution in [2.75, 3.05) is 9.80 Å². The molecule has 0 unspecified atom stereocenters. The second-order valence-corrected chi connectivity index (χ2v) is 12.5. The average molecular weight is 677 g/mol. The summed E-state index contributed by atoms with van der Waals surface area (Å²) in [6.45, 7) is 3.20. The molecule has 8 aromatic carbocycles. The predicted octanol–water partition coefficient (Wildman–Crippen LogP) is 14.2. The van der Waals surface area contributed by atoms with E-state index < -0.39 is 0 Å². The molecule has 8 rings (SSSR count). The van der Waals surface area contributed by atoms with Crippen LogP contribution in [0.1, 0.15) is 22.1 Å². The zero-order chi connectivity index (χ0) is 42.2. The monoisotopic (exact) mass is 676 g/mol. The van der Waals surface area contributed by atoms with Crippen molar-refractivity contribution in [2.45, 2.75) is 13.8 Å². The standard InChI is InChI=1S/C50H40N2/c1-37-13-25-45(26-14-37)51(47-29-17-41(18-30-47)39-9-5-3-6-10-39)49-33-21-43(22-34-49)44-23-35-50(36-24-44)52(46-27-15-38(2)16-28-46)48-31-19-42(20-32-48)40-11-7-4-8-12-40/h3-36H,1-2H3/i13D,14D,15D,16D,25D,26D,27D,28D. The molecule has 0 fully saturated rings. The van der Waals surface area contributed by atoms with Gasteiger partial charge >= 0.3 is 0 Å². The highest BCUT2D eigenvalue weighted by Crippen LogP contribution is 2.39. The molecule has 0 aliphatic heterocycles. The fraction of sp³-hybridized carbons (Fsp3) is 0.0400. The molecule has 52 heavy (non-hydrogen) atoms. The van der Waals surface area contributed by atoms with Crippen LogP contribution < -0.4 is 9.80 Å². The Morgan fingerprint density at radius 2 is 0.500 bits per heavy atom. The number of hydrogen-bond acceptors (Lipinski definition) is 2. The molecule has 0 atom stereocenters. The van der Waals surface area contributed by atoms with Crippen LogP contribution in [0.25, 0.3) is 33.4 Å². The molecule has 250 valence electrons. The van der Waals surface area contributed by atoms with Gasteiger partial charge in [-0.15, -0.1) is 0 Å². The molecule has 8 aromatic rings. The quantitative estimate of drug-likeness (QED) is 0.150. The molecule has 2 heteroatoms. The SMILES string of the molecule is [2H]c1c([2H])c(N(c2ccc(-c3ccccc3)cc2)c2ccc(-c3ccc(N(c4ccc(-c5ccccc5)cc4)c4c([2H])c([2H])c(C)c([2H])c4[2H])cc3)cc2)c([2H])c([2H])c1C. The van der Waals surface area contributed by atoms with E-state index in [4.69, 9.17) is 11.0 Å². The van der Waals surface area contributed by atoms with Crippen molar-refractivity contribution >= 4 is 34.1 Å². The van der Waals surface area contributed by atoms with Crippen molar-refractivity contribution in [3.8, 4) is 33.4 Å². The highest BCUT2D eigenvalue weighted by Gasteiger charge is 2.15. The van der Waals surface area contributed by atoms with Crippen molar-refractivity contribution in [1.82, 2.24) is 0 Å². The van der Waals surface area contributed by atoms with E-state index in [1.807, 2.05) is 158 Å². The number of rotatable bonds is 9. The normalized spacial score (nSPS) is 13.0. The van der Waals surface area contributed by atoms with Crippen molar-refractivity contribution in [1.29, 1.82) is 0 Å². The zero-order valence-corrected chi connectivity index (χ0v) is 28.9. The number of nitrogens with zero attached hydrogens (tertiary/aromatic N) is 2. The largest absolute Gasteiger partial charge is 0.311 e. The first-order chi connectivity index (χ1) is 28.9. The Labute approximate surface area is 318 Å². The van der Waals surface area contributed by atoms with Crippen molar-refractivity contribution < 1.29 is 11.0 Å². The molecule has 0 saturated carbocycles. The summed E-state index contributed by atoms with van der Waals surface area (Å²) in [7, 11) is 0. The fourth-order valence-corrected chi connectivity index (χ4v) is 6.25. The van der Waals surface area contributed by atoms with E-state index in [9.17, 15) is 0 Å². The van der Waals surface area contributed by atoms with Crippen molar-refractivity contribution in [3.63, 3.8) is 0 Å². The molecule has 0 amide bonds. The van der Waals surface area contributed by atoms with E-state index in [0.717, 1.165) is 33.4 Å². The first-order valence-electron chi connectivity index (χ1n) is 21.2. The van der Waals surface area contributed by atoms with Gasteiger partial charge in [0.2, 0.25) is 0 Å². The second-order valence-electron chi connectivity index (χ2n) is 12.5. The molecule has 0 aliphatic rings. The van der Waals surface area contributed by atoms with Crippen molar-refractivity contribution in [3.05, 3.63) is 217 Å². The molecule has 0 bridgehead atoms. The Morgan fingerprint density at radius 1 is 0.269 bits per heavy atom. The molecule has 0 aromatic heterocycles. The van der Waals surface area contributed by atoms with Gasteiger partial charge in [0.25, 0.3) is 0 Å². The maximum atomic E-state index is 8.96. The minimum absolute atomic E-state index is 0.0894. The van der Waals surface area contributed by atoms with Crippen LogP contribution in [-0.4, -0.2) is 0 Å². The highest BCUT2D eigenvalue weighted by atomic mass is 15.1. The summed E-state index contributed by atoms with van der Waals surface area (Å²) in [5, 5.41) is 0. The molecule has 2 nitrogen and oxygen atoms in total. The van der Waals surface area contributed by atoms with E-state index in [0.29, 0.717) is 22.7 Å². The van der Waals surface area contributed by atoms with E-state index in [2.05, 4.69) is 0 Å². The van der Waals surface area contributed by atoms with Gasteiger partial charge < -0.3 is 9.80 Å². The van der Waals surface area contributed by atoms with Gasteiger partial charge in [0, 0.05) is 34.1 Å². The maximum Gasteiger partial charge on any atom is 0.0645 e. The lowest BCUT2D eigenvalue weighted by Gasteiger charge is -2.26. The van der Waals surface area contributed by atoms with Crippen LogP contribution in [0.2, 0.25) is 0 Å². The van der Waals surface area contributed by atoms with Crippen molar-refractivity contribution in [2.24, 2.45) is 0 Å². The number of hydrogen-bond donors (Lipinski definition) is 0. The Morgan fingerprint density at radius 3 is 0.750 bits per heavy atom. The smallest absolute Gasteiger partial charge is 0.0645 e. The summed E-state index contributed by atoms with van der Waals surface area (Å²) in [5.41, 5.74) is 9.42. The molecule has 0 saturated heterocycles. The van der Waals surface area contributed by atoms with Gasteiger partial charge in [0.05, 0.1) is 11.0 Å². The third kappa shape index (κ3) is 7.01. The van der Waals surface area contributed by atoms with Crippen LogP contribution >= 0.6 is 0 Å². The summed E-state index contributed by atoms with van der Waals surface area (Å²) in [6.07, 6.45) is 0. The Bertz CT molecular complexity index is 2570. The van der Waals surface area contributed by atoms with Gasteiger partial charge in [0.15, 0.2) is 0 Å². The molecule has 0 aliphatic carbocycles. The molecule has 0 radical (unpaired) electrons. The first-order valence-corrected chi connectivity index (χ1v) is 17.2. The summed E-state index contributed by atoms with van der Waals surface area (Å²) in [5.74, 6) is 0. The lowest BCUT2D eigenvalue weighted by molar-refractivity contribution is 1.27. The van der Waals surface area contributed by atoms with Gasteiger partial charge in [-0.05, 0) is 120 Å². The number of anilines is 6. The second kappa shape index (κ2) is 14.7. The zero-order valence-electron chi connectivity index (χ0n) is 36.9. The van der Waals surface area contributed by atoms with Gasteiger partial charge in [-0.1, -0.05) is 144 Å². The van der Waals surface area contributed by atoms with E-state index >= 15 is 0 Å². The van der Waals surface area contributed by atoms with Gasteiger partial charge in [-0.25, -0.2) is 0 Å². The Hall–Kier alpha value is -6.64. The lowest BCUT2D eigenvalue weighted by Crippen LogP contribution is -2.10. The lowest BCUT2D eigenvalue weighted by atomic mass is 10.0. The minimum atomic E-state index is -0.130. The van der Waals surface area contributed by atoms with Crippen LogP contribution in [0, 0.1) is 13.8 Å². The highest BCUT2D eigenvalue weighted by molar-refractivity contribution is 5.82. The topological polar surface area (TPSA) is 6.48 Å². The van der Waals surface area contributed by atoms with Gasteiger partial charge in [-0.3, -0.25) is 0 Å². The summed E-state index contributed by atoms with van der Waals surface area (Å²) in [6, 6.07) is 50.1. The van der Waals surface area contributed by atoms with Gasteiger partial charge in [-0.2, -0.15) is 0 Å². The minimum Gasteiger partial charge on any atom is -0.311 e. The van der Waals surface area contributed by atoms with E-state index in [-0.39, 0.29) is 70.8 Å². The molecule has 0 spiro atoms. The maximum absolute atomic E-state index is 8.96. The summed E-state index contributed by atoms with van der Waals surface area (Å²) >= 11 is 0.